The molecule has 17 rings (SSSR count). The molecule has 119 heavy (non-hydrogen) atoms. The van der Waals surface area contributed by atoms with Crippen molar-refractivity contribution in [2.45, 2.75) is 155 Å². The Hall–Kier alpha value is -12.1. The highest BCUT2D eigenvalue weighted by molar-refractivity contribution is 5.84. The minimum Gasteiger partial charge on any atom is -0.394 e. The molecule has 6 saturated heterocycles. The number of aliphatic hydroxyl groups is 12. The molecule has 0 aliphatic carbocycles. The van der Waals surface area contributed by atoms with E-state index in [-0.39, 0.29) is 61.3 Å². The summed E-state index contributed by atoms with van der Waals surface area (Å²) < 4.78 is 42.1. The van der Waals surface area contributed by atoms with Gasteiger partial charge < -0.3 is 141 Å². The van der Waals surface area contributed by atoms with E-state index >= 15 is 0 Å². The van der Waals surface area contributed by atoms with Crippen molar-refractivity contribution in [2.75, 3.05) is 74.0 Å². The van der Waals surface area contributed by atoms with Gasteiger partial charge >= 0.3 is 5.69 Å². The fourth-order valence-corrected chi connectivity index (χ4v) is 14.0. The van der Waals surface area contributed by atoms with Crippen molar-refractivity contribution < 1.29 is 89.7 Å². The standard InChI is InChI=1S/C12H14N6O3.C11H16N6O3.C11H12N6O3.C10H12N8O3.C10H14N6O3.C10H16N4O4/c1-12(3-13)8(20)6(2-19)21-11(12)18-5-17-7-9(14)15-4-16-10(7)18;1-11(13)7(19)5(2-18)20-10(11)17-4-16-6-8(12)14-3-15-9(6)17;12-1-5-8(19)6(2-18)20-11(5)17-4-16-7-9(13)14-3-15-10(7)17;11-8-6-9(14-2-13-8)18(3-15-6)10-5(16-17-12)7(20)4(1-19)21-10;11-5-7(18)4(1-17)19-10(5)16-3-15-6-8(12)13-2-14-9(6)16;1-10(12)7(16)5(4-15)18-8(10)14-3-2-6(11)13-9(14)17/h4-6,8,11,19-20H,2H2,1H3,(H2,14,15,16);3-5,7,10,18-19H,2,13H2,1H3,(H2,12,14,15);3-6,8,11,18-19H,2H2,(H2,13,14,15);2-5,7,10,19-20H,1H2,(H2,11,13,14);2-5,7,10,17-18H,1,11H2,(H2,12,13,14);2-3,5,7-8,15-16H,4,12H2,1H3,(H2,11,13,17)/t6-,8-,11-,12-;5-,7-,10-,11-;5-,6-,8+,11-;2*4-,5-,7-,10-;5-,7-,8-,10-/m111111/s1. The normalized spacial score (nSPS) is 31.8. The Kier molecular flexibility index (Phi) is 25.5. The molecular weight excluding hydrogens is 1580 g/mol. The van der Waals surface area contributed by atoms with Crippen LogP contribution in [0.5, 0.6) is 0 Å². The Bertz CT molecular complexity index is 5600. The minimum atomic E-state index is -1.25. The number of hydrogen-bond donors (Lipinski definition) is 21. The summed E-state index contributed by atoms with van der Waals surface area (Å²) >= 11 is 0. The molecule has 11 aromatic rings. The first-order valence-electron chi connectivity index (χ1n) is 35.7. The predicted molar refractivity (Wildman–Crippen MR) is 403 cm³/mol. The molecule has 30 N–H and O–H groups in total. The fraction of sp³-hybridized carbons (Fsp3) is 0.516. The van der Waals surface area contributed by atoms with Crippen LogP contribution in [0.15, 0.2) is 85.4 Å². The molecule has 55 heteroatoms. The molecule has 0 unspecified atom stereocenters. The number of hydrogen-bond acceptors (Lipinski definition) is 47. The largest absolute Gasteiger partial charge is 0.394 e. The zero-order chi connectivity index (χ0) is 86.0. The van der Waals surface area contributed by atoms with E-state index in [1.807, 2.05) is 6.07 Å². The van der Waals surface area contributed by atoms with E-state index in [4.69, 9.17) is 101 Å². The predicted octanol–water partition coefficient (Wildman–Crippen LogP) is -8.52. The van der Waals surface area contributed by atoms with Crippen LogP contribution in [-0.2, 0) is 28.4 Å². The van der Waals surface area contributed by atoms with Crippen LogP contribution in [0.2, 0.25) is 0 Å². The molecule has 0 spiro atoms. The first-order chi connectivity index (χ1) is 56.8. The third kappa shape index (κ3) is 15.9. The summed E-state index contributed by atoms with van der Waals surface area (Å²) in [6.07, 6.45) is -0.880. The maximum Gasteiger partial charge on any atom is 0.351 e. The van der Waals surface area contributed by atoms with Crippen LogP contribution in [-0.4, -0.2) is 304 Å². The Morgan fingerprint density at radius 2 is 0.790 bits per heavy atom. The second-order valence-corrected chi connectivity index (χ2v) is 28.2. The van der Waals surface area contributed by atoms with E-state index in [9.17, 15) is 61.3 Å². The van der Waals surface area contributed by atoms with Crippen molar-refractivity contribution in [1.82, 2.24) is 107 Å². The van der Waals surface area contributed by atoms with Crippen LogP contribution in [0, 0.1) is 34.0 Å². The zero-order valence-electron chi connectivity index (χ0n) is 62.8. The summed E-state index contributed by atoms with van der Waals surface area (Å²) in [4.78, 5) is 78.2. The van der Waals surface area contributed by atoms with Gasteiger partial charge in [-0.3, -0.25) is 27.4 Å². The van der Waals surface area contributed by atoms with Crippen LogP contribution >= 0.6 is 0 Å². The van der Waals surface area contributed by atoms with Crippen molar-refractivity contribution in [3.05, 3.63) is 96.5 Å². The lowest BCUT2D eigenvalue weighted by molar-refractivity contribution is -0.0486. The quantitative estimate of drug-likeness (QED) is 0.0290. The number of anilines is 6. The monoisotopic (exact) mass is 1660 g/mol. The van der Waals surface area contributed by atoms with Gasteiger partial charge in [-0.1, -0.05) is 5.11 Å². The van der Waals surface area contributed by atoms with Crippen molar-refractivity contribution >= 4 is 90.7 Å². The van der Waals surface area contributed by atoms with Crippen LogP contribution in [0.1, 0.15) is 58.1 Å². The van der Waals surface area contributed by atoms with E-state index in [0.717, 1.165) is 4.57 Å². The number of azide groups is 1. The number of nitrogens with zero attached hydrogens (tertiary/aromatic N) is 27. The topological polar surface area (TPSA) is 882 Å². The third-order valence-electron chi connectivity index (χ3n) is 20.6. The minimum absolute atomic E-state index is 0.0900. The average molecular weight is 1660 g/mol. The maximum atomic E-state index is 11.7. The van der Waals surface area contributed by atoms with Crippen LogP contribution < -0.4 is 57.3 Å². The van der Waals surface area contributed by atoms with Gasteiger partial charge in [-0.15, -0.1) is 0 Å². The van der Waals surface area contributed by atoms with Crippen LogP contribution in [0.3, 0.4) is 0 Å². The van der Waals surface area contributed by atoms with Gasteiger partial charge in [0.1, 0.15) is 156 Å². The Morgan fingerprint density at radius 1 is 0.454 bits per heavy atom. The van der Waals surface area contributed by atoms with Crippen molar-refractivity contribution in [3.63, 3.8) is 0 Å². The Morgan fingerprint density at radius 3 is 1.17 bits per heavy atom. The fourth-order valence-electron chi connectivity index (χ4n) is 14.0. The maximum absolute atomic E-state index is 11.7. The number of imidazole rings is 5. The van der Waals surface area contributed by atoms with Gasteiger partial charge in [0.05, 0.1) is 107 Å². The van der Waals surface area contributed by atoms with E-state index in [0.29, 0.717) is 55.8 Å². The van der Waals surface area contributed by atoms with Crippen LogP contribution in [0.4, 0.5) is 34.9 Å². The summed E-state index contributed by atoms with van der Waals surface area (Å²) in [5.74, 6) is 0.415. The van der Waals surface area contributed by atoms with Gasteiger partial charge in [0.25, 0.3) is 0 Å². The summed E-state index contributed by atoms with van der Waals surface area (Å²) in [7, 11) is 0. The highest BCUT2D eigenvalue weighted by Crippen LogP contribution is 2.47. The highest BCUT2D eigenvalue weighted by atomic mass is 16.6. The number of nitrogens with two attached hydrogens (primary N) is 9. The molecule has 0 bridgehead atoms. The zero-order valence-corrected chi connectivity index (χ0v) is 62.8. The highest BCUT2D eigenvalue weighted by Gasteiger charge is 2.56. The lowest BCUT2D eigenvalue weighted by atomic mass is 9.84. The first kappa shape index (κ1) is 86.2. The molecule has 6 aliphatic rings. The molecule has 6 aliphatic heterocycles. The van der Waals surface area contributed by atoms with E-state index in [1.165, 1.54) is 89.2 Å². The molecule has 11 aromatic heterocycles. The molecule has 0 amide bonds. The SMILES string of the molecule is C[C@@]1(C#N)[C@H](O)[C@@H](CO)O[C@H]1n1cnc2c(N)ncnc21.C[C@@]1(N)[C@H](O)[C@@H](CO)O[C@H]1n1ccc(N)nc1=O.C[C@@]1(N)[C@H](O)[C@@H](CO)O[C@H]1n1cnc2c(N)ncnc21.N#C[C@@H]1[C@H](O)[C@@H](CO)O[C@H]1n1cnc2c(N)ncnc21.Nc1ncnc2c1ncn2[C@@H]1O[C@H](CO)[C@@H](O)[C@H]1N.[N-]=[N+]=N[C@@H]1[C@H](O)[C@@H](CO)O[C@H]1n1cnc2c(N)ncnc21. The molecular formula is C64H84N36O19. The molecule has 0 aromatic carbocycles. The number of ether oxygens (including phenoxy) is 6. The average Bonchev–Trinajstić information content (AvgIpc) is 1.60. The Labute approximate surface area is 666 Å². The number of nitrogen functional groups attached to an aromatic ring is 6. The van der Waals surface area contributed by atoms with Crippen molar-refractivity contribution in [2.24, 2.45) is 33.6 Å². The van der Waals surface area contributed by atoms with Gasteiger partial charge in [0, 0.05) is 11.1 Å². The molecule has 0 radical (unpaired) electrons. The van der Waals surface area contributed by atoms with Crippen molar-refractivity contribution in [3.8, 4) is 12.1 Å². The molecule has 6 fully saturated rings. The molecule has 17 heterocycles. The molecule has 55 nitrogen and oxygen atoms in total. The molecule has 24 atom stereocenters. The number of rotatable bonds is 13. The summed E-state index contributed by atoms with van der Waals surface area (Å²) in [5.41, 5.74) is 60.6. The summed E-state index contributed by atoms with van der Waals surface area (Å²) in [5, 5.41) is 137. The summed E-state index contributed by atoms with van der Waals surface area (Å²) in [6, 6.07) is 3.87. The number of aromatic nitrogens is 22. The smallest absolute Gasteiger partial charge is 0.351 e. The number of aliphatic hydroxyl groups excluding tert-OH is 12. The summed E-state index contributed by atoms with van der Waals surface area (Å²) in [6.45, 7) is 2.56. The first-order valence-corrected chi connectivity index (χ1v) is 35.7. The van der Waals surface area contributed by atoms with Gasteiger partial charge in [0.2, 0.25) is 0 Å². The molecule has 0 saturated carbocycles. The van der Waals surface area contributed by atoms with Gasteiger partial charge in [-0.05, 0) is 32.4 Å². The van der Waals surface area contributed by atoms with E-state index in [1.54, 1.807) is 29.9 Å². The van der Waals surface area contributed by atoms with Gasteiger partial charge in [0.15, 0.2) is 88.5 Å². The van der Waals surface area contributed by atoms with E-state index < -0.39 is 164 Å². The van der Waals surface area contributed by atoms with Crippen molar-refractivity contribution in [1.29, 1.82) is 10.5 Å². The van der Waals surface area contributed by atoms with Crippen LogP contribution in [0.25, 0.3) is 66.3 Å². The van der Waals surface area contributed by atoms with Gasteiger partial charge in [-0.2, -0.15) is 15.5 Å². The second-order valence-electron chi connectivity index (χ2n) is 28.2. The molecule has 634 valence electrons. The number of nitriles is 2. The third-order valence-corrected chi connectivity index (χ3v) is 20.6. The van der Waals surface area contributed by atoms with Gasteiger partial charge in [-0.25, -0.2) is 79.6 Å². The number of fused-ring (bicyclic) bond motifs is 5. The Balaban J connectivity index is 0.000000131. The second kappa shape index (κ2) is 35.2. The van der Waals surface area contributed by atoms with E-state index in [2.05, 4.69) is 95.8 Å². The lowest BCUT2D eigenvalue weighted by Crippen LogP contribution is -2.53. The lowest BCUT2D eigenvalue weighted by Gasteiger charge is -2.28.